The predicted molar refractivity (Wildman–Crippen MR) is 152 cm³/mol. The maximum Gasteiger partial charge on any atom is 0.407 e. The van der Waals surface area contributed by atoms with Crippen molar-refractivity contribution in [3.63, 3.8) is 0 Å². The molecule has 0 radical (unpaired) electrons. The summed E-state index contributed by atoms with van der Waals surface area (Å²) in [6, 6.07) is 15.6. The number of nitrogen functional groups attached to an aromatic ring is 1. The lowest BCUT2D eigenvalue weighted by atomic mass is 10.1. The molecule has 0 bridgehead atoms. The molecule has 0 saturated carbocycles. The van der Waals surface area contributed by atoms with E-state index in [0.29, 0.717) is 29.3 Å². The highest BCUT2D eigenvalue weighted by Crippen LogP contribution is 2.33. The molecule has 2 aromatic carbocycles. The van der Waals surface area contributed by atoms with E-state index in [9.17, 15) is 14.7 Å². The molecule has 0 fully saturated rings. The highest BCUT2D eigenvalue weighted by atomic mass is 32.1. The minimum absolute atomic E-state index is 0.164. The number of fused-ring (bicyclic) bond motifs is 3. The average Bonchev–Trinajstić information content (AvgIpc) is 3.58. The number of carbonyl (C=O) groups excluding carboxylic acids is 1. The number of aromatic nitrogens is 4. The van der Waals surface area contributed by atoms with Gasteiger partial charge in [0.2, 0.25) is 5.91 Å². The first-order chi connectivity index (χ1) is 18.8. The van der Waals surface area contributed by atoms with E-state index in [1.807, 2.05) is 53.9 Å². The lowest BCUT2D eigenvalue weighted by Gasteiger charge is -2.20. The minimum atomic E-state index is -1.06. The van der Waals surface area contributed by atoms with Crippen molar-refractivity contribution < 1.29 is 14.7 Å². The second-order valence-electron chi connectivity index (χ2n) is 9.13. The van der Waals surface area contributed by atoms with Gasteiger partial charge in [-0.3, -0.25) is 4.79 Å². The standard InChI is InChI=1S/C28H27N7O3S/c1-17(2)26(36)30-11-13-34(28(37)38)15-18-7-9-19(10-8-18)16-35-23-20-5-3-4-6-21(20)32-24(29)22(23)33-25(35)27-31-12-14-39-27/h3-10,12,14H,1,11,13,15-16H2,2H3,(H2,29,32)(H,30,36)(H,37,38). The van der Waals surface area contributed by atoms with Gasteiger partial charge in [-0.15, -0.1) is 11.3 Å². The molecular formula is C28H27N7O3S. The van der Waals surface area contributed by atoms with Crippen LogP contribution in [0.3, 0.4) is 0 Å². The monoisotopic (exact) mass is 541 g/mol. The number of nitrogens with one attached hydrogen (secondary N) is 1. The van der Waals surface area contributed by atoms with Crippen LogP contribution in [0.15, 0.2) is 72.3 Å². The molecule has 0 aliphatic carbocycles. The van der Waals surface area contributed by atoms with E-state index in [4.69, 9.17) is 10.7 Å². The van der Waals surface area contributed by atoms with Gasteiger partial charge in [0.15, 0.2) is 16.6 Å². The number of pyridine rings is 1. The first-order valence-electron chi connectivity index (χ1n) is 12.3. The molecule has 2 amide bonds. The molecule has 39 heavy (non-hydrogen) atoms. The number of imidazole rings is 1. The number of nitrogens with zero attached hydrogens (tertiary/aromatic N) is 5. The van der Waals surface area contributed by atoms with E-state index in [2.05, 4.69) is 26.4 Å². The van der Waals surface area contributed by atoms with Crippen LogP contribution in [0.4, 0.5) is 10.6 Å². The summed E-state index contributed by atoms with van der Waals surface area (Å²) in [5.74, 6) is 0.783. The highest BCUT2D eigenvalue weighted by Gasteiger charge is 2.20. The van der Waals surface area contributed by atoms with Gasteiger partial charge in [-0.1, -0.05) is 49.0 Å². The number of thiazole rings is 1. The van der Waals surface area contributed by atoms with E-state index >= 15 is 0 Å². The molecule has 0 unspecified atom stereocenters. The summed E-state index contributed by atoms with van der Waals surface area (Å²) in [4.78, 5) is 38.6. The Labute approximate surface area is 228 Å². The first kappa shape index (κ1) is 25.9. The molecule has 5 aromatic rings. The van der Waals surface area contributed by atoms with E-state index in [1.165, 1.54) is 16.2 Å². The molecule has 11 heteroatoms. The van der Waals surface area contributed by atoms with E-state index in [0.717, 1.165) is 32.6 Å². The summed E-state index contributed by atoms with van der Waals surface area (Å²) in [5.41, 5.74) is 10.9. The van der Waals surface area contributed by atoms with E-state index in [1.54, 1.807) is 13.1 Å². The SMILES string of the molecule is C=C(C)C(=O)NCCN(Cc1ccc(Cn2c(-c3nccs3)nc3c(N)nc4ccccc4c32)cc1)C(=O)O. The Balaban J connectivity index is 1.42. The summed E-state index contributed by atoms with van der Waals surface area (Å²) in [7, 11) is 0. The summed E-state index contributed by atoms with van der Waals surface area (Å²) < 4.78 is 2.11. The second kappa shape index (κ2) is 10.9. The number of para-hydroxylation sites is 1. The second-order valence-corrected chi connectivity index (χ2v) is 10.0. The van der Waals surface area contributed by atoms with E-state index < -0.39 is 6.09 Å². The highest BCUT2D eigenvalue weighted by molar-refractivity contribution is 7.13. The van der Waals surface area contributed by atoms with E-state index in [-0.39, 0.29) is 25.5 Å². The third kappa shape index (κ3) is 5.43. The Kier molecular flexibility index (Phi) is 7.24. The van der Waals surface area contributed by atoms with Gasteiger partial charge >= 0.3 is 6.09 Å². The van der Waals surface area contributed by atoms with Crippen LogP contribution in [-0.2, 0) is 17.9 Å². The number of carboxylic acid groups (broad SMARTS) is 1. The zero-order chi connectivity index (χ0) is 27.5. The summed E-state index contributed by atoms with van der Waals surface area (Å²) in [6.45, 7) is 6.26. The zero-order valence-electron chi connectivity index (χ0n) is 21.3. The van der Waals surface area contributed by atoms with Crippen molar-refractivity contribution >= 4 is 51.1 Å². The smallest absolute Gasteiger partial charge is 0.407 e. The Morgan fingerprint density at radius 1 is 1.13 bits per heavy atom. The Morgan fingerprint density at radius 2 is 1.87 bits per heavy atom. The van der Waals surface area contributed by atoms with Crippen molar-refractivity contribution in [2.75, 3.05) is 18.8 Å². The molecule has 3 aromatic heterocycles. The fraction of sp³-hybridized carbons (Fsp3) is 0.179. The summed E-state index contributed by atoms with van der Waals surface area (Å²) in [5, 5.41) is 15.9. The number of anilines is 1. The third-order valence-electron chi connectivity index (χ3n) is 6.30. The van der Waals surface area contributed by atoms with Crippen molar-refractivity contribution in [1.82, 2.24) is 29.7 Å². The van der Waals surface area contributed by atoms with Gasteiger partial charge in [0.1, 0.15) is 5.52 Å². The molecule has 0 spiro atoms. The normalized spacial score (nSPS) is 11.1. The Hall–Kier alpha value is -4.77. The van der Waals surface area contributed by atoms with Crippen LogP contribution >= 0.6 is 11.3 Å². The maximum atomic E-state index is 11.8. The number of rotatable bonds is 9. The Bertz CT molecular complexity index is 1680. The molecule has 3 heterocycles. The van der Waals surface area contributed by atoms with Crippen molar-refractivity contribution in [2.24, 2.45) is 0 Å². The van der Waals surface area contributed by atoms with Crippen LogP contribution < -0.4 is 11.1 Å². The largest absolute Gasteiger partial charge is 0.465 e. The lowest BCUT2D eigenvalue weighted by Crippen LogP contribution is -2.37. The minimum Gasteiger partial charge on any atom is -0.465 e. The van der Waals surface area contributed by atoms with Crippen molar-refractivity contribution in [2.45, 2.75) is 20.0 Å². The number of amides is 2. The molecular weight excluding hydrogens is 514 g/mol. The van der Waals surface area contributed by atoms with Crippen LogP contribution in [0, 0.1) is 0 Å². The zero-order valence-corrected chi connectivity index (χ0v) is 22.1. The molecule has 198 valence electrons. The van der Waals surface area contributed by atoms with Crippen molar-refractivity contribution in [3.05, 3.63) is 83.4 Å². The molecule has 0 aliphatic rings. The maximum absolute atomic E-state index is 11.8. The average molecular weight is 542 g/mol. The fourth-order valence-electron chi connectivity index (χ4n) is 4.36. The van der Waals surface area contributed by atoms with Gasteiger partial charge in [0.05, 0.1) is 11.0 Å². The third-order valence-corrected chi connectivity index (χ3v) is 7.07. The predicted octanol–water partition coefficient (Wildman–Crippen LogP) is 4.51. The van der Waals surface area contributed by atoms with Crippen LogP contribution in [0.2, 0.25) is 0 Å². The number of hydrogen-bond donors (Lipinski definition) is 3. The first-order valence-corrected chi connectivity index (χ1v) is 13.1. The summed E-state index contributed by atoms with van der Waals surface area (Å²) >= 11 is 1.50. The van der Waals surface area contributed by atoms with Crippen molar-refractivity contribution in [3.8, 4) is 10.8 Å². The van der Waals surface area contributed by atoms with Gasteiger partial charge in [-0.25, -0.2) is 19.7 Å². The molecule has 10 nitrogen and oxygen atoms in total. The van der Waals surface area contributed by atoms with Crippen LogP contribution in [0.25, 0.3) is 32.8 Å². The number of benzene rings is 2. The van der Waals surface area contributed by atoms with Gasteiger partial charge in [0.25, 0.3) is 0 Å². The van der Waals surface area contributed by atoms with Crippen molar-refractivity contribution in [1.29, 1.82) is 0 Å². The van der Waals surface area contributed by atoms with Gasteiger partial charge in [-0.2, -0.15) is 0 Å². The molecule has 4 N–H and O–H groups in total. The lowest BCUT2D eigenvalue weighted by molar-refractivity contribution is -0.117. The number of carbonyl (C=O) groups is 2. The van der Waals surface area contributed by atoms with Crippen LogP contribution in [0.1, 0.15) is 18.1 Å². The molecule has 0 atom stereocenters. The van der Waals surface area contributed by atoms with Crippen LogP contribution in [0.5, 0.6) is 0 Å². The van der Waals surface area contributed by atoms with Crippen LogP contribution in [-0.4, -0.2) is 54.6 Å². The number of nitrogens with two attached hydrogens (primary N) is 1. The number of hydrogen-bond acceptors (Lipinski definition) is 7. The molecule has 0 saturated heterocycles. The van der Waals surface area contributed by atoms with Gasteiger partial charge in [-0.05, 0) is 24.1 Å². The molecule has 0 aliphatic heterocycles. The molecule has 5 rings (SSSR count). The summed E-state index contributed by atoms with van der Waals surface area (Å²) in [6.07, 6.45) is 0.691. The van der Waals surface area contributed by atoms with Gasteiger partial charge in [0, 0.05) is 48.7 Å². The topological polar surface area (TPSA) is 139 Å². The van der Waals surface area contributed by atoms with Gasteiger partial charge < -0.3 is 25.6 Å². The Morgan fingerprint density at radius 3 is 2.56 bits per heavy atom. The fourth-order valence-corrected chi connectivity index (χ4v) is 4.99. The quantitative estimate of drug-likeness (QED) is 0.233.